The van der Waals surface area contributed by atoms with Gasteiger partial charge in [0, 0.05) is 20.3 Å². The number of nitrogens with two attached hydrogens (primary N) is 1. The van der Waals surface area contributed by atoms with Gasteiger partial charge in [0.25, 0.3) is 0 Å². The first kappa shape index (κ1) is 18.9. The molecule has 1 unspecified atom stereocenters. The summed E-state index contributed by atoms with van der Waals surface area (Å²) >= 11 is 0. The van der Waals surface area contributed by atoms with E-state index in [1.165, 1.54) is 0 Å². The second-order valence-electron chi connectivity index (χ2n) is 5.51. The number of hydrogen-bond donors (Lipinski definition) is 2. The number of halogens is 1. The molecule has 0 spiro atoms. The van der Waals surface area contributed by atoms with Crippen LogP contribution in [0.25, 0.3) is 0 Å². The van der Waals surface area contributed by atoms with Gasteiger partial charge >= 0.3 is 0 Å². The van der Waals surface area contributed by atoms with Crippen LogP contribution in [0.4, 0.5) is 0 Å². The molecule has 0 aliphatic carbocycles. The van der Waals surface area contributed by atoms with Gasteiger partial charge in [-0.25, -0.2) is 0 Å². The Hall–Kier alpha value is -1.10. The highest BCUT2D eigenvalue weighted by Crippen LogP contribution is 2.19. The van der Waals surface area contributed by atoms with Crippen LogP contribution >= 0.6 is 12.4 Å². The lowest BCUT2D eigenvalue weighted by molar-refractivity contribution is -0.123. The lowest BCUT2D eigenvalue weighted by Gasteiger charge is -2.25. The van der Waals surface area contributed by atoms with Gasteiger partial charge < -0.3 is 15.8 Å². The highest BCUT2D eigenvalue weighted by atomic mass is 35.5. The Balaban J connectivity index is 0.00000361. The van der Waals surface area contributed by atoms with Crippen molar-refractivity contribution in [3.63, 3.8) is 0 Å². The number of ether oxygens (including phenoxy) is 1. The number of carbonyl (C=O) groups is 1. The number of hydrogen-bond acceptors (Lipinski definition) is 3. The van der Waals surface area contributed by atoms with Gasteiger partial charge in [-0.15, -0.1) is 12.4 Å². The van der Waals surface area contributed by atoms with Crippen molar-refractivity contribution in [2.24, 2.45) is 11.1 Å². The first-order valence-electron chi connectivity index (χ1n) is 6.53. The van der Waals surface area contributed by atoms with Gasteiger partial charge in [-0.05, 0) is 17.4 Å². The highest BCUT2D eigenvalue weighted by Gasteiger charge is 2.21. The molecule has 1 rings (SSSR count). The molecule has 4 nitrogen and oxygen atoms in total. The molecule has 5 heteroatoms. The molecule has 0 aromatic heterocycles. The fraction of sp³-hybridized carbons (Fsp3) is 0.533. The maximum absolute atomic E-state index is 12.0. The molecule has 0 bridgehead atoms. The fourth-order valence-electron chi connectivity index (χ4n) is 1.71. The quantitative estimate of drug-likeness (QED) is 0.812. The topological polar surface area (TPSA) is 64.3 Å². The molecule has 0 aliphatic rings. The Morgan fingerprint density at radius 1 is 1.35 bits per heavy atom. The number of rotatable bonds is 7. The van der Waals surface area contributed by atoms with Crippen LogP contribution in [-0.2, 0) is 9.53 Å². The molecule has 114 valence electrons. The summed E-state index contributed by atoms with van der Waals surface area (Å²) < 4.78 is 5.06. The Labute approximate surface area is 127 Å². The molecule has 0 fully saturated rings. The molecule has 1 aromatic carbocycles. The van der Waals surface area contributed by atoms with Crippen LogP contribution in [0.2, 0.25) is 0 Å². The van der Waals surface area contributed by atoms with Gasteiger partial charge in [-0.2, -0.15) is 0 Å². The third kappa shape index (κ3) is 6.37. The molecular weight excluding hydrogens is 276 g/mol. The molecule has 0 aliphatic heterocycles. The summed E-state index contributed by atoms with van der Waals surface area (Å²) in [5.74, 6) is -0.142. The maximum atomic E-state index is 12.0. The third-order valence-corrected chi connectivity index (χ3v) is 3.17. The van der Waals surface area contributed by atoms with Crippen LogP contribution in [0.3, 0.4) is 0 Å². The van der Waals surface area contributed by atoms with Crippen LogP contribution in [0.1, 0.15) is 31.9 Å². The molecule has 1 aromatic rings. The second-order valence-corrected chi connectivity index (χ2v) is 5.51. The van der Waals surface area contributed by atoms with E-state index in [-0.39, 0.29) is 23.7 Å². The summed E-state index contributed by atoms with van der Waals surface area (Å²) in [6.07, 6.45) is 0.893. The molecule has 0 saturated heterocycles. The smallest absolute Gasteiger partial charge is 0.241 e. The third-order valence-electron chi connectivity index (χ3n) is 3.17. The Morgan fingerprint density at radius 3 is 2.50 bits per heavy atom. The Kier molecular flexibility index (Phi) is 8.46. The Morgan fingerprint density at radius 2 is 1.95 bits per heavy atom. The van der Waals surface area contributed by atoms with Crippen molar-refractivity contribution in [1.82, 2.24) is 5.32 Å². The van der Waals surface area contributed by atoms with Gasteiger partial charge in [0.1, 0.15) is 6.04 Å². The van der Waals surface area contributed by atoms with Crippen molar-refractivity contribution in [3.05, 3.63) is 35.9 Å². The molecular formula is C15H25ClN2O2. The van der Waals surface area contributed by atoms with Crippen LogP contribution in [-0.4, -0.2) is 26.2 Å². The van der Waals surface area contributed by atoms with E-state index in [2.05, 4.69) is 19.2 Å². The minimum atomic E-state index is -0.612. The predicted molar refractivity (Wildman–Crippen MR) is 83.9 cm³/mol. The first-order valence-corrected chi connectivity index (χ1v) is 6.53. The number of amides is 1. The summed E-state index contributed by atoms with van der Waals surface area (Å²) in [6, 6.07) is 8.78. The second kappa shape index (κ2) is 8.95. The largest absolute Gasteiger partial charge is 0.385 e. The van der Waals surface area contributed by atoms with Crippen LogP contribution in [0.5, 0.6) is 0 Å². The van der Waals surface area contributed by atoms with E-state index in [9.17, 15) is 4.79 Å². The van der Waals surface area contributed by atoms with E-state index >= 15 is 0 Å². The zero-order chi connectivity index (χ0) is 14.3. The summed E-state index contributed by atoms with van der Waals surface area (Å²) in [4.78, 5) is 12.0. The van der Waals surface area contributed by atoms with E-state index in [0.717, 1.165) is 12.0 Å². The Bertz CT molecular complexity index is 396. The van der Waals surface area contributed by atoms with Crippen LogP contribution in [0, 0.1) is 5.41 Å². The van der Waals surface area contributed by atoms with Crippen molar-refractivity contribution in [1.29, 1.82) is 0 Å². The van der Waals surface area contributed by atoms with Crippen LogP contribution in [0.15, 0.2) is 30.3 Å². The number of nitrogens with one attached hydrogen (secondary N) is 1. The molecule has 1 amide bonds. The zero-order valence-electron chi connectivity index (χ0n) is 12.4. The lowest BCUT2D eigenvalue weighted by atomic mass is 9.89. The average molecular weight is 301 g/mol. The van der Waals surface area contributed by atoms with Gasteiger partial charge in [0.05, 0.1) is 0 Å². The van der Waals surface area contributed by atoms with Crippen molar-refractivity contribution < 1.29 is 9.53 Å². The van der Waals surface area contributed by atoms with Gasteiger partial charge in [-0.1, -0.05) is 44.2 Å². The van der Waals surface area contributed by atoms with Gasteiger partial charge in [-0.3, -0.25) is 4.79 Å². The average Bonchev–Trinajstić information content (AvgIpc) is 2.43. The zero-order valence-corrected chi connectivity index (χ0v) is 13.2. The van der Waals surface area contributed by atoms with Crippen molar-refractivity contribution in [2.45, 2.75) is 26.3 Å². The van der Waals surface area contributed by atoms with Gasteiger partial charge in [0.15, 0.2) is 0 Å². The molecule has 3 N–H and O–H groups in total. The highest BCUT2D eigenvalue weighted by molar-refractivity contribution is 5.85. The number of benzene rings is 1. The summed E-state index contributed by atoms with van der Waals surface area (Å²) in [6.45, 7) is 5.48. The van der Waals surface area contributed by atoms with Crippen LogP contribution < -0.4 is 11.1 Å². The summed E-state index contributed by atoms with van der Waals surface area (Å²) in [7, 11) is 1.68. The minimum absolute atomic E-state index is 0. The van der Waals surface area contributed by atoms with E-state index in [0.29, 0.717) is 13.2 Å². The van der Waals surface area contributed by atoms with Gasteiger partial charge in [0.2, 0.25) is 5.91 Å². The van der Waals surface area contributed by atoms with E-state index < -0.39 is 6.04 Å². The van der Waals surface area contributed by atoms with E-state index in [1.54, 1.807) is 7.11 Å². The van der Waals surface area contributed by atoms with E-state index in [4.69, 9.17) is 10.5 Å². The predicted octanol–water partition coefficient (Wildman–Crippen LogP) is 2.29. The summed E-state index contributed by atoms with van der Waals surface area (Å²) in [5, 5.41) is 2.91. The number of methoxy groups -OCH3 is 1. The van der Waals surface area contributed by atoms with Crippen molar-refractivity contribution in [2.75, 3.05) is 20.3 Å². The van der Waals surface area contributed by atoms with Crippen molar-refractivity contribution in [3.8, 4) is 0 Å². The molecule has 0 saturated carbocycles. The normalized spacial score (nSPS) is 12.4. The summed E-state index contributed by atoms with van der Waals surface area (Å²) in [5.41, 5.74) is 6.76. The standard InChI is InChI=1S/C15H24N2O2.ClH/c1-15(2,9-10-19-3)11-17-14(18)13(16)12-7-5-4-6-8-12;/h4-8,13H,9-11,16H2,1-3H3,(H,17,18);1H. The fourth-order valence-corrected chi connectivity index (χ4v) is 1.71. The molecule has 1 atom stereocenters. The SMILES string of the molecule is COCCC(C)(C)CNC(=O)C(N)c1ccccc1.Cl. The molecule has 0 heterocycles. The number of carbonyl (C=O) groups excluding carboxylic acids is 1. The van der Waals surface area contributed by atoms with E-state index in [1.807, 2.05) is 30.3 Å². The van der Waals surface area contributed by atoms with Crippen molar-refractivity contribution >= 4 is 18.3 Å². The molecule has 20 heavy (non-hydrogen) atoms. The maximum Gasteiger partial charge on any atom is 0.241 e. The molecule has 0 radical (unpaired) electrons. The monoisotopic (exact) mass is 300 g/mol. The first-order chi connectivity index (χ1) is 8.96. The minimum Gasteiger partial charge on any atom is -0.385 e. The lowest BCUT2D eigenvalue weighted by Crippen LogP contribution is -2.39.